The first-order chi connectivity index (χ1) is 14.3. The normalized spacial score (nSPS) is 25.4. The van der Waals surface area contributed by atoms with Gasteiger partial charge in [-0.1, -0.05) is 69.2 Å². The molecular formula is C27H38N2+2. The molecule has 2 aromatic carbocycles. The van der Waals surface area contributed by atoms with Crippen LogP contribution in [0.15, 0.2) is 60.7 Å². The van der Waals surface area contributed by atoms with Crippen LogP contribution < -0.4 is 9.80 Å². The van der Waals surface area contributed by atoms with Gasteiger partial charge in [0.2, 0.25) is 0 Å². The van der Waals surface area contributed by atoms with E-state index in [0.29, 0.717) is 12.1 Å². The molecule has 4 rings (SSSR count). The zero-order valence-electron chi connectivity index (χ0n) is 18.3. The summed E-state index contributed by atoms with van der Waals surface area (Å²) in [5.74, 6) is 0. The Morgan fingerprint density at radius 1 is 0.793 bits per heavy atom. The van der Waals surface area contributed by atoms with Crippen molar-refractivity contribution in [3.05, 3.63) is 71.8 Å². The van der Waals surface area contributed by atoms with E-state index in [-0.39, 0.29) is 0 Å². The van der Waals surface area contributed by atoms with Crippen LogP contribution in [0, 0.1) is 0 Å². The van der Waals surface area contributed by atoms with Gasteiger partial charge in [0.15, 0.2) is 0 Å². The molecular weight excluding hydrogens is 352 g/mol. The van der Waals surface area contributed by atoms with Crippen molar-refractivity contribution in [1.29, 1.82) is 0 Å². The molecule has 2 N–H and O–H groups in total. The molecule has 2 aliphatic heterocycles. The second kappa shape index (κ2) is 9.73. The molecule has 2 aliphatic rings. The first kappa shape index (κ1) is 20.4. The fourth-order valence-corrected chi connectivity index (χ4v) is 5.40. The van der Waals surface area contributed by atoms with E-state index in [1.54, 1.807) is 32.3 Å². The van der Waals surface area contributed by atoms with Gasteiger partial charge in [-0.3, -0.25) is 9.80 Å². The van der Waals surface area contributed by atoms with Gasteiger partial charge in [0.25, 0.3) is 0 Å². The Kier molecular flexibility index (Phi) is 6.84. The Balaban J connectivity index is 1.44. The number of rotatable bonds is 9. The highest BCUT2D eigenvalue weighted by Gasteiger charge is 2.34. The zero-order chi connectivity index (χ0) is 20.1. The SMILES string of the molecule is CCCC[NH+]1c2ccccc2CC1C=CCC1Cc2ccccc2[NH+]1CCCC. The van der Waals surface area contributed by atoms with Gasteiger partial charge < -0.3 is 0 Å². The van der Waals surface area contributed by atoms with Gasteiger partial charge >= 0.3 is 0 Å². The standard InChI is InChI=1S/C27H36N2/c1-3-5-18-28-24(20-22-12-7-9-16-26(22)28)14-11-15-25-21-23-13-8-10-17-27(23)29(25)19-6-4-2/h7-14,16-17,24-25H,3-6,15,18-21H2,1-2H3/p+2. The summed E-state index contributed by atoms with van der Waals surface area (Å²) in [4.78, 5) is 3.40. The lowest BCUT2D eigenvalue weighted by Crippen LogP contribution is -3.10. The molecule has 154 valence electrons. The lowest BCUT2D eigenvalue weighted by Gasteiger charge is -2.22. The number of unbranched alkanes of at least 4 members (excludes halogenated alkanes) is 2. The third-order valence-electron chi connectivity index (χ3n) is 6.96. The summed E-state index contributed by atoms with van der Waals surface area (Å²) in [7, 11) is 0. The van der Waals surface area contributed by atoms with Gasteiger partial charge in [-0.15, -0.1) is 0 Å². The third kappa shape index (κ3) is 4.49. The number of hydrogen-bond acceptors (Lipinski definition) is 0. The van der Waals surface area contributed by atoms with Crippen LogP contribution in [0.1, 0.15) is 57.1 Å². The lowest BCUT2D eigenvalue weighted by atomic mass is 10.1. The van der Waals surface area contributed by atoms with E-state index >= 15 is 0 Å². The zero-order valence-corrected chi connectivity index (χ0v) is 18.3. The third-order valence-corrected chi connectivity index (χ3v) is 6.96. The van der Waals surface area contributed by atoms with E-state index in [0.717, 1.165) is 0 Å². The van der Waals surface area contributed by atoms with E-state index in [4.69, 9.17) is 0 Å². The number of fused-ring (bicyclic) bond motifs is 2. The molecule has 0 saturated heterocycles. The second-order valence-corrected chi connectivity index (χ2v) is 8.95. The summed E-state index contributed by atoms with van der Waals surface area (Å²) < 4.78 is 0. The molecule has 0 amide bonds. The molecule has 29 heavy (non-hydrogen) atoms. The minimum atomic E-state index is 0.613. The highest BCUT2D eigenvalue weighted by molar-refractivity contribution is 5.44. The average Bonchev–Trinajstić information content (AvgIpc) is 3.28. The predicted octanol–water partition coefficient (Wildman–Crippen LogP) is 3.82. The van der Waals surface area contributed by atoms with E-state index in [9.17, 15) is 0 Å². The molecule has 2 heteroatoms. The van der Waals surface area contributed by atoms with E-state index in [1.165, 1.54) is 58.0 Å². The second-order valence-electron chi connectivity index (χ2n) is 8.95. The number of para-hydroxylation sites is 2. The van der Waals surface area contributed by atoms with Crippen LogP contribution in [0.5, 0.6) is 0 Å². The molecule has 0 fully saturated rings. The van der Waals surface area contributed by atoms with Gasteiger partial charge in [-0.2, -0.15) is 0 Å². The Bertz CT molecular complexity index is 825. The molecule has 0 aliphatic carbocycles. The van der Waals surface area contributed by atoms with Crippen molar-refractivity contribution in [2.24, 2.45) is 0 Å². The summed E-state index contributed by atoms with van der Waals surface area (Å²) in [6, 6.07) is 19.5. The molecule has 2 nitrogen and oxygen atoms in total. The van der Waals surface area contributed by atoms with Crippen LogP contribution in [-0.4, -0.2) is 25.2 Å². The van der Waals surface area contributed by atoms with E-state index in [1.807, 2.05) is 0 Å². The molecule has 0 spiro atoms. The first-order valence-corrected chi connectivity index (χ1v) is 11.9. The van der Waals surface area contributed by atoms with Crippen LogP contribution in [0.4, 0.5) is 11.4 Å². The Labute approximate surface area is 177 Å². The quantitative estimate of drug-likeness (QED) is 0.603. The van der Waals surface area contributed by atoms with Crippen molar-refractivity contribution in [1.82, 2.24) is 0 Å². The van der Waals surface area contributed by atoms with Crippen molar-refractivity contribution >= 4 is 11.4 Å². The van der Waals surface area contributed by atoms with Crippen molar-refractivity contribution < 1.29 is 9.80 Å². The summed E-state index contributed by atoms with van der Waals surface area (Å²) in [6.07, 6.45) is 13.9. The summed E-state index contributed by atoms with van der Waals surface area (Å²) in [5, 5.41) is 0. The smallest absolute Gasteiger partial charge is 0.135 e. The fourth-order valence-electron chi connectivity index (χ4n) is 5.40. The molecule has 0 radical (unpaired) electrons. The summed E-state index contributed by atoms with van der Waals surface area (Å²) in [5.41, 5.74) is 6.22. The van der Waals surface area contributed by atoms with Crippen LogP contribution in [0.25, 0.3) is 0 Å². The first-order valence-electron chi connectivity index (χ1n) is 11.9. The highest BCUT2D eigenvalue weighted by Crippen LogP contribution is 2.22. The number of nitrogens with one attached hydrogen (secondary N) is 2. The molecule has 2 aromatic rings. The Hall–Kier alpha value is -1.90. The Morgan fingerprint density at radius 2 is 1.38 bits per heavy atom. The topological polar surface area (TPSA) is 8.88 Å². The summed E-state index contributed by atoms with van der Waals surface area (Å²) >= 11 is 0. The minimum Gasteiger partial charge on any atom is -0.299 e. The monoisotopic (exact) mass is 390 g/mol. The van der Waals surface area contributed by atoms with Gasteiger partial charge in [-0.25, -0.2) is 0 Å². The van der Waals surface area contributed by atoms with E-state index < -0.39 is 0 Å². The molecule has 2 heterocycles. The summed E-state index contributed by atoms with van der Waals surface area (Å²) in [6.45, 7) is 7.14. The molecule has 4 atom stereocenters. The van der Waals surface area contributed by atoms with Gasteiger partial charge in [0, 0.05) is 30.4 Å². The maximum atomic E-state index is 2.55. The maximum Gasteiger partial charge on any atom is 0.135 e. The Morgan fingerprint density at radius 3 is 2.07 bits per heavy atom. The average molecular weight is 391 g/mol. The molecule has 0 saturated carbocycles. The number of quaternary nitrogens is 2. The predicted molar refractivity (Wildman–Crippen MR) is 122 cm³/mol. The van der Waals surface area contributed by atoms with Gasteiger partial charge in [0.05, 0.1) is 19.1 Å². The van der Waals surface area contributed by atoms with Gasteiger partial charge in [-0.05, 0) is 31.1 Å². The fraction of sp³-hybridized carbons (Fsp3) is 0.481. The molecule has 0 aromatic heterocycles. The van der Waals surface area contributed by atoms with Crippen molar-refractivity contribution in [3.8, 4) is 0 Å². The van der Waals surface area contributed by atoms with Crippen LogP contribution in [-0.2, 0) is 12.8 Å². The lowest BCUT2D eigenvalue weighted by molar-refractivity contribution is -0.853. The number of benzene rings is 2. The molecule has 0 bridgehead atoms. The van der Waals surface area contributed by atoms with Crippen molar-refractivity contribution in [3.63, 3.8) is 0 Å². The van der Waals surface area contributed by atoms with Crippen LogP contribution in [0.2, 0.25) is 0 Å². The van der Waals surface area contributed by atoms with E-state index in [2.05, 4.69) is 74.5 Å². The minimum absolute atomic E-state index is 0.613. The van der Waals surface area contributed by atoms with Crippen molar-refractivity contribution in [2.75, 3.05) is 13.1 Å². The highest BCUT2D eigenvalue weighted by atomic mass is 15.2. The van der Waals surface area contributed by atoms with Crippen LogP contribution in [0.3, 0.4) is 0 Å². The largest absolute Gasteiger partial charge is 0.299 e. The maximum absolute atomic E-state index is 2.55. The molecule has 4 unspecified atom stereocenters. The number of hydrogen-bond donors (Lipinski definition) is 2. The van der Waals surface area contributed by atoms with Crippen LogP contribution >= 0.6 is 0 Å². The van der Waals surface area contributed by atoms with Gasteiger partial charge in [0.1, 0.15) is 17.4 Å². The van der Waals surface area contributed by atoms with Crippen molar-refractivity contribution in [2.45, 2.75) is 70.9 Å².